The monoisotopic (exact) mass is 961 g/mol. The van der Waals surface area contributed by atoms with Crippen LogP contribution in [0.1, 0.15) is 66.4 Å². The van der Waals surface area contributed by atoms with Crippen molar-refractivity contribution in [3.8, 4) is 11.5 Å². The van der Waals surface area contributed by atoms with Gasteiger partial charge in [0.2, 0.25) is 23.7 Å². The highest BCUT2D eigenvalue weighted by molar-refractivity contribution is 6.07. The summed E-state index contributed by atoms with van der Waals surface area (Å²) in [6.07, 6.45) is 4.35. The lowest BCUT2D eigenvalue weighted by molar-refractivity contribution is -0.190. The molecule has 0 bridgehead atoms. The summed E-state index contributed by atoms with van der Waals surface area (Å²) in [7, 11) is 1.46. The average molecular weight is 962 g/mol. The first kappa shape index (κ1) is 47.4. The molecule has 2 saturated heterocycles. The number of aryl methyl sites for hydroxylation is 3. The van der Waals surface area contributed by atoms with Gasteiger partial charge in [-0.1, -0.05) is 12.2 Å². The van der Waals surface area contributed by atoms with Gasteiger partial charge in [0.1, 0.15) is 46.1 Å². The minimum Gasteiger partial charge on any atom is -0.494 e. The van der Waals surface area contributed by atoms with Crippen molar-refractivity contribution in [2.24, 2.45) is 17.4 Å². The number of primary amides is 2. The van der Waals surface area contributed by atoms with Crippen LogP contribution in [-0.4, -0.2) is 150 Å². The van der Waals surface area contributed by atoms with Crippen LogP contribution in [0.5, 0.6) is 11.5 Å². The predicted octanol–water partition coefficient (Wildman–Crippen LogP) is 1.36. The third-order valence-electron chi connectivity index (χ3n) is 12.6. The third kappa shape index (κ3) is 9.15. The van der Waals surface area contributed by atoms with E-state index in [4.69, 9.17) is 41.5 Å². The lowest BCUT2D eigenvalue weighted by Crippen LogP contribution is -2.70. The molecule has 368 valence electrons. The molecule has 24 heteroatoms. The highest BCUT2D eigenvalue weighted by atomic mass is 16.6. The molecule has 7 heterocycles. The number of aromatic nitrogens is 8. The van der Waals surface area contributed by atoms with Crippen LogP contribution in [-0.2, 0) is 40.5 Å². The number of likely N-dealkylation sites (tertiary alicyclic amines) is 1. The van der Waals surface area contributed by atoms with E-state index in [1.165, 1.54) is 19.2 Å². The first-order chi connectivity index (χ1) is 33.7. The molecule has 9 rings (SSSR count). The minimum absolute atomic E-state index is 0.155. The van der Waals surface area contributed by atoms with Crippen molar-refractivity contribution in [2.75, 3.05) is 76.4 Å². The Labute approximate surface area is 400 Å². The molecule has 24 nitrogen and oxygen atoms in total. The Morgan fingerprint density at radius 2 is 1.54 bits per heavy atom. The van der Waals surface area contributed by atoms with Gasteiger partial charge in [0.15, 0.2) is 0 Å². The van der Waals surface area contributed by atoms with Crippen LogP contribution < -0.4 is 37.1 Å². The Bertz CT molecular complexity index is 3070. The molecular weight excluding hydrogens is 907 g/mol. The number of rotatable bonds is 18. The van der Waals surface area contributed by atoms with Crippen molar-refractivity contribution in [1.29, 1.82) is 0 Å². The standard InChI is InChI=1S/C46H55N15O9/c1-5-60-33(17-27(2)53-60)42(65)52-44-50-31-19-29(40(47)63)21-35(67-4)38(31)57(44)10-6-7-11-58-39-32(51-45(58)59-12-13-61-34(43(59)66)18-28(3)54-61)20-30(41(48)64)22-36(39)68-15-8-9-55-24-46(25-55)26-56(14-16-69-46)37(62)23-70-49/h6-7,17-22H,5,8-16,23-26,49H2,1-4H3,(H2,47,63)(H2,48,64)(H,50,52,65)/b7-6+. The summed E-state index contributed by atoms with van der Waals surface area (Å²) in [5, 5.41) is 11.8. The lowest BCUT2D eigenvalue weighted by Gasteiger charge is -2.54. The molecule has 0 unspecified atom stereocenters. The van der Waals surface area contributed by atoms with Gasteiger partial charge < -0.3 is 39.7 Å². The van der Waals surface area contributed by atoms with Crippen LogP contribution in [0.3, 0.4) is 0 Å². The number of allylic oxidation sites excluding steroid dienone is 2. The summed E-state index contributed by atoms with van der Waals surface area (Å²) >= 11 is 0. The lowest BCUT2D eigenvalue weighted by atomic mass is 9.91. The Balaban J connectivity index is 1.01. The molecule has 2 aromatic carbocycles. The Morgan fingerprint density at radius 3 is 2.24 bits per heavy atom. The molecule has 1 spiro atoms. The third-order valence-corrected chi connectivity index (χ3v) is 12.6. The van der Waals surface area contributed by atoms with Gasteiger partial charge in [-0.25, -0.2) is 15.9 Å². The zero-order valence-corrected chi connectivity index (χ0v) is 39.3. The second-order valence-corrected chi connectivity index (χ2v) is 17.5. The average Bonchev–Trinajstić information content (AvgIpc) is 4.10. The van der Waals surface area contributed by atoms with Crippen LogP contribution >= 0.6 is 0 Å². The number of carbonyl (C=O) groups is 5. The van der Waals surface area contributed by atoms with Crippen molar-refractivity contribution >= 4 is 63.5 Å². The maximum atomic E-state index is 14.2. The first-order valence-corrected chi connectivity index (χ1v) is 22.9. The first-order valence-electron chi connectivity index (χ1n) is 22.9. The molecule has 0 saturated carbocycles. The number of nitrogens with zero attached hydrogens (tertiary/aromatic N) is 11. The van der Waals surface area contributed by atoms with Gasteiger partial charge in [0, 0.05) is 63.5 Å². The molecule has 0 radical (unpaired) electrons. The smallest absolute Gasteiger partial charge is 0.278 e. The van der Waals surface area contributed by atoms with Gasteiger partial charge in [-0.3, -0.25) is 53.3 Å². The molecular formula is C46H55N15O9. The summed E-state index contributed by atoms with van der Waals surface area (Å²) < 4.78 is 25.2. The fourth-order valence-electron chi connectivity index (χ4n) is 9.47. The molecule has 6 aromatic rings. The van der Waals surface area contributed by atoms with Crippen LogP contribution in [0, 0.1) is 13.8 Å². The van der Waals surface area contributed by atoms with E-state index in [2.05, 4.69) is 25.3 Å². The number of carbonyl (C=O) groups excluding carboxylic acids is 5. The van der Waals surface area contributed by atoms with Crippen molar-refractivity contribution < 1.29 is 43.0 Å². The number of anilines is 2. The van der Waals surface area contributed by atoms with E-state index >= 15 is 0 Å². The number of imidazole rings is 2. The summed E-state index contributed by atoms with van der Waals surface area (Å²) in [5.41, 5.74) is 15.3. The van der Waals surface area contributed by atoms with Crippen LogP contribution in [0.15, 0.2) is 48.6 Å². The Kier molecular flexibility index (Phi) is 13.1. The molecule has 5 amide bonds. The summed E-state index contributed by atoms with van der Waals surface area (Å²) in [6.45, 7) is 10.4. The van der Waals surface area contributed by atoms with Crippen molar-refractivity contribution in [1.82, 2.24) is 48.5 Å². The molecule has 7 N–H and O–H groups in total. The van der Waals surface area contributed by atoms with Gasteiger partial charge in [-0.05, 0) is 63.6 Å². The van der Waals surface area contributed by atoms with Gasteiger partial charge in [-0.2, -0.15) is 10.2 Å². The van der Waals surface area contributed by atoms with E-state index < -0.39 is 23.3 Å². The van der Waals surface area contributed by atoms with Crippen LogP contribution in [0.2, 0.25) is 0 Å². The second-order valence-electron chi connectivity index (χ2n) is 17.5. The maximum absolute atomic E-state index is 14.2. The number of ether oxygens (including phenoxy) is 3. The maximum Gasteiger partial charge on any atom is 0.278 e. The number of amides is 5. The van der Waals surface area contributed by atoms with Crippen molar-refractivity contribution in [3.05, 3.63) is 82.5 Å². The molecule has 0 atom stereocenters. The van der Waals surface area contributed by atoms with Gasteiger partial charge in [-0.15, -0.1) is 0 Å². The van der Waals surface area contributed by atoms with E-state index in [0.717, 1.165) is 0 Å². The largest absolute Gasteiger partial charge is 0.494 e. The molecule has 4 aromatic heterocycles. The predicted molar refractivity (Wildman–Crippen MR) is 253 cm³/mol. The molecule has 3 aliphatic rings. The summed E-state index contributed by atoms with van der Waals surface area (Å²) in [4.78, 5) is 85.2. The van der Waals surface area contributed by atoms with E-state index in [9.17, 15) is 24.0 Å². The zero-order valence-electron chi connectivity index (χ0n) is 39.3. The molecule has 2 fully saturated rings. The Hall–Kier alpha value is -7.67. The van der Waals surface area contributed by atoms with Crippen LogP contribution in [0.25, 0.3) is 22.1 Å². The molecule has 70 heavy (non-hydrogen) atoms. The highest BCUT2D eigenvalue weighted by Crippen LogP contribution is 2.35. The van der Waals surface area contributed by atoms with Gasteiger partial charge in [0.05, 0.1) is 55.8 Å². The number of morpholine rings is 1. The van der Waals surface area contributed by atoms with Crippen molar-refractivity contribution in [3.63, 3.8) is 0 Å². The number of hydrogen-bond acceptors (Lipinski definition) is 15. The second kappa shape index (κ2) is 19.4. The number of methoxy groups -OCH3 is 1. The minimum atomic E-state index is -0.678. The number of nitrogens with one attached hydrogen (secondary N) is 1. The molecule has 0 aliphatic carbocycles. The Morgan fingerprint density at radius 1 is 0.857 bits per heavy atom. The quantitative estimate of drug-likeness (QED) is 0.0538. The highest BCUT2D eigenvalue weighted by Gasteiger charge is 2.47. The topological polar surface area (TPSA) is 293 Å². The fourth-order valence-corrected chi connectivity index (χ4v) is 9.47. The van der Waals surface area contributed by atoms with E-state index in [-0.39, 0.29) is 61.7 Å². The van der Waals surface area contributed by atoms with E-state index in [0.29, 0.717) is 121 Å². The SMILES string of the molecule is CCn1nc(C)cc1C(=O)Nc1nc2cc(C(N)=O)cc(OC)c2n1C/C=C/Cn1c(N2CCn3nc(C)cc3C2=O)nc2cc(C(N)=O)cc(OCCCN3CC4(C3)CN(C(=O)CON)CCO4)c21. The normalized spacial score (nSPS) is 15.8. The summed E-state index contributed by atoms with van der Waals surface area (Å²) in [6, 6.07) is 9.64. The van der Waals surface area contributed by atoms with Crippen LogP contribution in [0.4, 0.5) is 11.9 Å². The van der Waals surface area contributed by atoms with Crippen molar-refractivity contribution in [2.45, 2.75) is 59.0 Å². The number of benzene rings is 2. The van der Waals surface area contributed by atoms with Gasteiger partial charge >= 0.3 is 0 Å². The summed E-state index contributed by atoms with van der Waals surface area (Å²) in [5.74, 6) is 4.01. The number of fused-ring (bicyclic) bond motifs is 3. The fraction of sp³-hybridized carbons (Fsp3) is 0.413. The number of nitrogens with two attached hydrogens (primary N) is 3. The molecule has 3 aliphatic heterocycles. The van der Waals surface area contributed by atoms with E-state index in [1.54, 1.807) is 54.9 Å². The van der Waals surface area contributed by atoms with E-state index in [1.807, 2.05) is 30.6 Å². The van der Waals surface area contributed by atoms with Gasteiger partial charge in [0.25, 0.3) is 17.7 Å². The zero-order chi connectivity index (χ0) is 49.4. The number of hydrogen-bond donors (Lipinski definition) is 4.